The Bertz CT molecular complexity index is 503. The molecule has 0 spiro atoms. The van der Waals surface area contributed by atoms with Gasteiger partial charge in [-0.3, -0.25) is 0 Å². The fourth-order valence-electron chi connectivity index (χ4n) is 1.15. The normalized spacial score (nSPS) is 13.1. The van der Waals surface area contributed by atoms with E-state index in [1.54, 1.807) is 19.1 Å². The predicted octanol–water partition coefficient (Wildman–Crippen LogP) is 1.43. The first-order valence-corrected chi connectivity index (χ1v) is 6.40. The molecule has 0 aliphatic carbocycles. The van der Waals surface area contributed by atoms with Crippen LogP contribution in [-0.2, 0) is 10.0 Å². The van der Waals surface area contributed by atoms with Crippen molar-refractivity contribution < 1.29 is 8.42 Å². The highest BCUT2D eigenvalue weighted by Gasteiger charge is 2.14. The number of nitrogens with one attached hydrogen (secondary N) is 1. The SMILES string of the molecule is Cc1cccc(S(=O)(=O)NCC(C)C#N)c1. The fourth-order valence-corrected chi connectivity index (χ4v) is 2.38. The quantitative estimate of drug-likeness (QED) is 0.862. The zero-order valence-electron chi connectivity index (χ0n) is 9.27. The molecular formula is C11H14N2O2S. The van der Waals surface area contributed by atoms with Gasteiger partial charge in [0.05, 0.1) is 16.9 Å². The lowest BCUT2D eigenvalue weighted by molar-refractivity contribution is 0.572. The van der Waals surface area contributed by atoms with Gasteiger partial charge in [0.25, 0.3) is 0 Å². The van der Waals surface area contributed by atoms with Crippen molar-refractivity contribution in [1.82, 2.24) is 4.72 Å². The molecule has 4 nitrogen and oxygen atoms in total. The van der Waals surface area contributed by atoms with Crippen LogP contribution in [-0.4, -0.2) is 15.0 Å². The second-order valence-corrected chi connectivity index (χ2v) is 5.47. The molecule has 0 saturated carbocycles. The third-order valence-corrected chi connectivity index (χ3v) is 3.52. The Balaban J connectivity index is 2.83. The second kappa shape index (κ2) is 5.10. The first-order valence-electron chi connectivity index (χ1n) is 4.91. The van der Waals surface area contributed by atoms with Crippen molar-refractivity contribution in [2.24, 2.45) is 5.92 Å². The monoisotopic (exact) mass is 238 g/mol. The molecule has 1 unspecified atom stereocenters. The van der Waals surface area contributed by atoms with E-state index in [1.807, 2.05) is 19.1 Å². The first kappa shape index (κ1) is 12.7. The van der Waals surface area contributed by atoms with Crippen LogP contribution >= 0.6 is 0 Å². The van der Waals surface area contributed by atoms with Crippen LogP contribution < -0.4 is 4.72 Å². The first-order chi connectivity index (χ1) is 7.45. The summed E-state index contributed by atoms with van der Waals surface area (Å²) < 4.78 is 26.0. The van der Waals surface area contributed by atoms with Gasteiger partial charge < -0.3 is 0 Å². The lowest BCUT2D eigenvalue weighted by Crippen LogP contribution is -2.28. The van der Waals surface area contributed by atoms with Crippen LogP contribution in [0.2, 0.25) is 0 Å². The average Bonchev–Trinajstić information content (AvgIpc) is 2.26. The molecule has 1 atom stereocenters. The van der Waals surface area contributed by atoms with Crippen LogP contribution in [0.4, 0.5) is 0 Å². The van der Waals surface area contributed by atoms with E-state index in [0.29, 0.717) is 0 Å². The summed E-state index contributed by atoms with van der Waals surface area (Å²) in [6.45, 7) is 3.63. The Morgan fingerprint density at radius 1 is 1.50 bits per heavy atom. The summed E-state index contributed by atoms with van der Waals surface area (Å²) >= 11 is 0. The number of hydrogen-bond donors (Lipinski definition) is 1. The molecule has 0 heterocycles. The van der Waals surface area contributed by atoms with Crippen LogP contribution in [0.5, 0.6) is 0 Å². The highest BCUT2D eigenvalue weighted by atomic mass is 32.2. The lowest BCUT2D eigenvalue weighted by Gasteiger charge is -2.07. The van der Waals surface area contributed by atoms with E-state index in [9.17, 15) is 8.42 Å². The Labute approximate surface area is 96.0 Å². The number of sulfonamides is 1. The molecule has 1 aromatic rings. The Morgan fingerprint density at radius 3 is 2.75 bits per heavy atom. The van der Waals surface area contributed by atoms with Gasteiger partial charge in [-0.15, -0.1) is 0 Å². The van der Waals surface area contributed by atoms with E-state index in [-0.39, 0.29) is 17.4 Å². The maximum Gasteiger partial charge on any atom is 0.240 e. The van der Waals surface area contributed by atoms with Gasteiger partial charge in [0.15, 0.2) is 0 Å². The number of aryl methyl sites for hydroxylation is 1. The molecule has 0 aliphatic heterocycles. The summed E-state index contributed by atoms with van der Waals surface area (Å²) in [5.41, 5.74) is 0.885. The highest BCUT2D eigenvalue weighted by Crippen LogP contribution is 2.10. The molecule has 0 bridgehead atoms. The van der Waals surface area contributed by atoms with E-state index in [1.165, 1.54) is 6.07 Å². The summed E-state index contributed by atoms with van der Waals surface area (Å²) in [6.07, 6.45) is 0. The topological polar surface area (TPSA) is 70.0 Å². The van der Waals surface area contributed by atoms with Gasteiger partial charge >= 0.3 is 0 Å². The largest absolute Gasteiger partial charge is 0.240 e. The van der Waals surface area contributed by atoms with E-state index >= 15 is 0 Å². The minimum atomic E-state index is -3.49. The van der Waals surface area contributed by atoms with E-state index in [2.05, 4.69) is 4.72 Å². The van der Waals surface area contributed by atoms with Crippen molar-refractivity contribution in [3.63, 3.8) is 0 Å². The Hall–Kier alpha value is -1.38. The molecule has 0 fully saturated rings. The number of hydrogen-bond acceptors (Lipinski definition) is 3. The summed E-state index contributed by atoms with van der Waals surface area (Å²) in [4.78, 5) is 0.234. The maximum atomic E-state index is 11.8. The zero-order valence-corrected chi connectivity index (χ0v) is 10.1. The third kappa shape index (κ3) is 3.33. The highest BCUT2D eigenvalue weighted by molar-refractivity contribution is 7.89. The van der Waals surface area contributed by atoms with E-state index < -0.39 is 10.0 Å². The molecule has 0 aliphatic rings. The Morgan fingerprint density at radius 2 is 2.19 bits per heavy atom. The van der Waals surface area contributed by atoms with E-state index in [4.69, 9.17) is 5.26 Å². The molecule has 1 rings (SSSR count). The Kier molecular flexibility index (Phi) is 4.05. The van der Waals surface area contributed by atoms with Crippen molar-refractivity contribution in [1.29, 1.82) is 5.26 Å². The molecule has 1 N–H and O–H groups in total. The van der Waals surface area contributed by atoms with Crippen LogP contribution in [0.15, 0.2) is 29.2 Å². The minimum Gasteiger partial charge on any atom is -0.210 e. The van der Waals surface area contributed by atoms with Gasteiger partial charge in [-0.1, -0.05) is 12.1 Å². The fraction of sp³-hybridized carbons (Fsp3) is 0.364. The molecule has 1 aromatic carbocycles. The van der Waals surface area contributed by atoms with Gasteiger partial charge in [0.1, 0.15) is 0 Å². The summed E-state index contributed by atoms with van der Waals surface area (Å²) in [5, 5.41) is 8.56. The van der Waals surface area contributed by atoms with Crippen LogP contribution in [0.25, 0.3) is 0 Å². The summed E-state index contributed by atoms with van der Waals surface area (Å²) in [7, 11) is -3.49. The molecule has 0 aromatic heterocycles. The van der Waals surface area contributed by atoms with Gasteiger partial charge in [-0.25, -0.2) is 13.1 Å². The average molecular weight is 238 g/mol. The standard InChI is InChI=1S/C11H14N2O2S/c1-9-4-3-5-11(6-9)16(14,15)13-8-10(2)7-12/h3-6,10,13H,8H2,1-2H3. The number of benzene rings is 1. The molecule has 86 valence electrons. The van der Waals surface area contributed by atoms with Crippen molar-refractivity contribution in [3.8, 4) is 6.07 Å². The van der Waals surface area contributed by atoms with Gasteiger partial charge in [0, 0.05) is 6.54 Å². The third-order valence-electron chi connectivity index (χ3n) is 2.10. The molecular weight excluding hydrogens is 224 g/mol. The van der Waals surface area contributed by atoms with Gasteiger partial charge in [-0.2, -0.15) is 5.26 Å². The minimum absolute atomic E-state index is 0.132. The summed E-state index contributed by atoms with van der Waals surface area (Å²) in [6, 6.07) is 8.63. The van der Waals surface area contributed by atoms with Crippen molar-refractivity contribution >= 4 is 10.0 Å². The molecule has 0 amide bonds. The lowest BCUT2D eigenvalue weighted by atomic mass is 10.2. The molecule has 0 radical (unpaired) electrons. The van der Waals surface area contributed by atoms with Crippen molar-refractivity contribution in [3.05, 3.63) is 29.8 Å². The smallest absolute Gasteiger partial charge is 0.210 e. The van der Waals surface area contributed by atoms with Gasteiger partial charge in [0.2, 0.25) is 10.0 Å². The molecule has 16 heavy (non-hydrogen) atoms. The molecule has 5 heteroatoms. The number of nitriles is 1. The van der Waals surface area contributed by atoms with Crippen molar-refractivity contribution in [2.75, 3.05) is 6.54 Å². The summed E-state index contributed by atoms with van der Waals surface area (Å²) in [5.74, 6) is -0.334. The predicted molar refractivity (Wildman–Crippen MR) is 61.1 cm³/mol. The second-order valence-electron chi connectivity index (χ2n) is 3.70. The van der Waals surface area contributed by atoms with Crippen LogP contribution in [0.1, 0.15) is 12.5 Å². The zero-order chi connectivity index (χ0) is 12.2. The number of rotatable bonds is 4. The maximum absolute atomic E-state index is 11.8. The number of nitrogens with zero attached hydrogens (tertiary/aromatic N) is 1. The van der Waals surface area contributed by atoms with Gasteiger partial charge in [-0.05, 0) is 31.5 Å². The van der Waals surface area contributed by atoms with Crippen LogP contribution in [0.3, 0.4) is 0 Å². The van der Waals surface area contributed by atoms with Crippen molar-refractivity contribution in [2.45, 2.75) is 18.7 Å². The van der Waals surface area contributed by atoms with E-state index in [0.717, 1.165) is 5.56 Å². The van der Waals surface area contributed by atoms with Crippen LogP contribution in [0, 0.1) is 24.2 Å². The molecule has 0 saturated heterocycles.